The van der Waals surface area contributed by atoms with Crippen LogP contribution in [-0.2, 0) is 0 Å². The molecule has 1 aromatic rings. The minimum atomic E-state index is 0.783. The van der Waals surface area contributed by atoms with Crippen LogP contribution in [0.4, 0.5) is 0 Å². The first-order chi connectivity index (χ1) is 4.34. The maximum absolute atomic E-state index is 4.89. The Morgan fingerprint density at radius 3 is 2.44 bits per heavy atom. The van der Waals surface area contributed by atoms with Crippen molar-refractivity contribution >= 4 is 22.1 Å². The first-order valence-corrected chi connectivity index (χ1v) is 3.41. The predicted molar refractivity (Wildman–Crippen MR) is 44.0 cm³/mol. The normalized spacial score (nSPS) is 9.11. The summed E-state index contributed by atoms with van der Waals surface area (Å²) >= 11 is 4.14. The standard InChI is InChI=1S/C6H7OPS/c8-7-5-3-1-2-4-6(5)9/h1-4,9H,8H2. The Hall–Kier alpha value is -0.200. The second-order valence-corrected chi connectivity index (χ2v) is 2.30. The van der Waals surface area contributed by atoms with E-state index in [0.29, 0.717) is 0 Å². The molecular formula is C6H7OPS. The van der Waals surface area contributed by atoms with Crippen molar-refractivity contribution in [2.24, 2.45) is 0 Å². The lowest BCUT2D eigenvalue weighted by Gasteiger charge is -1.99. The van der Waals surface area contributed by atoms with Crippen molar-refractivity contribution in [3.05, 3.63) is 24.3 Å². The number of thiol groups is 1. The number of para-hydroxylation sites is 1. The summed E-state index contributed by atoms with van der Waals surface area (Å²) < 4.78 is 4.89. The van der Waals surface area contributed by atoms with Gasteiger partial charge < -0.3 is 4.52 Å². The fraction of sp³-hybridized carbons (Fsp3) is 0. The summed E-state index contributed by atoms with van der Waals surface area (Å²) in [6.07, 6.45) is 0. The third-order valence-electron chi connectivity index (χ3n) is 0.992. The molecule has 9 heavy (non-hydrogen) atoms. The second-order valence-electron chi connectivity index (χ2n) is 1.59. The number of hydrogen-bond donors (Lipinski definition) is 1. The van der Waals surface area contributed by atoms with E-state index in [-0.39, 0.29) is 0 Å². The Kier molecular flexibility index (Phi) is 2.38. The summed E-state index contributed by atoms with van der Waals surface area (Å²) in [6, 6.07) is 7.55. The Morgan fingerprint density at radius 1 is 1.33 bits per heavy atom. The third-order valence-corrected chi connectivity index (χ3v) is 1.62. The summed E-state index contributed by atoms with van der Waals surface area (Å²) in [5, 5.41) is 0. The van der Waals surface area contributed by atoms with Gasteiger partial charge in [-0.25, -0.2) is 0 Å². The van der Waals surface area contributed by atoms with Crippen molar-refractivity contribution in [2.75, 3.05) is 0 Å². The lowest BCUT2D eigenvalue weighted by molar-refractivity contribution is 0.629. The molecule has 1 atom stereocenters. The molecule has 0 saturated carbocycles. The molecule has 0 aliphatic heterocycles. The minimum absolute atomic E-state index is 0.783. The molecule has 1 aromatic carbocycles. The molecule has 0 aliphatic carbocycles. The maximum atomic E-state index is 4.89. The van der Waals surface area contributed by atoms with Crippen LogP contribution in [0.3, 0.4) is 0 Å². The molecule has 1 nitrogen and oxygen atoms in total. The molecule has 0 heterocycles. The molecule has 0 aliphatic rings. The van der Waals surface area contributed by atoms with Crippen LogP contribution in [0.2, 0.25) is 0 Å². The molecule has 0 spiro atoms. The molecule has 0 saturated heterocycles. The molecule has 0 bridgehead atoms. The summed E-state index contributed by atoms with van der Waals surface area (Å²) in [4.78, 5) is 0.854. The molecule has 1 unspecified atom stereocenters. The molecule has 0 fully saturated rings. The molecule has 0 aromatic heterocycles. The zero-order valence-electron chi connectivity index (χ0n) is 4.74. The Bertz CT molecular complexity index is 202. The van der Waals surface area contributed by atoms with E-state index in [9.17, 15) is 0 Å². The summed E-state index contributed by atoms with van der Waals surface area (Å²) in [5.74, 6) is 0.783. The van der Waals surface area contributed by atoms with Gasteiger partial charge in [-0.2, -0.15) is 0 Å². The highest BCUT2D eigenvalue weighted by Crippen LogP contribution is 2.22. The largest absolute Gasteiger partial charge is 0.479 e. The van der Waals surface area contributed by atoms with E-state index in [1.807, 2.05) is 24.3 Å². The smallest absolute Gasteiger partial charge is 0.135 e. The van der Waals surface area contributed by atoms with E-state index < -0.39 is 0 Å². The van der Waals surface area contributed by atoms with Crippen molar-refractivity contribution in [1.82, 2.24) is 0 Å². The molecule has 0 radical (unpaired) electrons. The van der Waals surface area contributed by atoms with Gasteiger partial charge in [-0.15, -0.1) is 12.6 Å². The van der Waals surface area contributed by atoms with Crippen LogP contribution >= 0.6 is 22.1 Å². The first kappa shape index (κ1) is 6.91. The van der Waals surface area contributed by atoms with Crippen LogP contribution in [0, 0.1) is 0 Å². The lowest BCUT2D eigenvalue weighted by Crippen LogP contribution is -1.73. The fourth-order valence-corrected chi connectivity index (χ4v) is 1.07. The van der Waals surface area contributed by atoms with Gasteiger partial charge >= 0.3 is 0 Å². The van der Waals surface area contributed by atoms with E-state index in [1.165, 1.54) is 0 Å². The Morgan fingerprint density at radius 2 is 2.00 bits per heavy atom. The molecule has 1 rings (SSSR count). The zero-order valence-corrected chi connectivity index (χ0v) is 6.79. The highest BCUT2D eigenvalue weighted by Gasteiger charge is 1.92. The number of rotatable bonds is 1. The van der Waals surface area contributed by atoms with Gasteiger partial charge in [0.05, 0.1) is 9.47 Å². The van der Waals surface area contributed by atoms with Gasteiger partial charge in [-0.05, 0) is 12.1 Å². The summed E-state index contributed by atoms with van der Waals surface area (Å²) in [5.41, 5.74) is 0. The lowest BCUT2D eigenvalue weighted by atomic mass is 10.3. The van der Waals surface area contributed by atoms with Crippen LogP contribution in [-0.4, -0.2) is 0 Å². The SMILES string of the molecule is POc1ccccc1S. The van der Waals surface area contributed by atoms with Gasteiger partial charge in [0.2, 0.25) is 0 Å². The van der Waals surface area contributed by atoms with Crippen LogP contribution in [0.1, 0.15) is 0 Å². The van der Waals surface area contributed by atoms with Crippen molar-refractivity contribution in [3.63, 3.8) is 0 Å². The highest BCUT2D eigenvalue weighted by atomic mass is 32.1. The molecule has 0 N–H and O–H groups in total. The van der Waals surface area contributed by atoms with Gasteiger partial charge in [-0.3, -0.25) is 0 Å². The monoisotopic (exact) mass is 158 g/mol. The maximum Gasteiger partial charge on any atom is 0.135 e. The molecule has 0 amide bonds. The number of benzene rings is 1. The van der Waals surface area contributed by atoms with E-state index in [0.717, 1.165) is 10.6 Å². The predicted octanol–water partition coefficient (Wildman–Crippen LogP) is 2.14. The summed E-state index contributed by atoms with van der Waals surface area (Å²) in [6.45, 7) is 0. The van der Waals surface area contributed by atoms with Crippen molar-refractivity contribution in [1.29, 1.82) is 0 Å². The highest BCUT2D eigenvalue weighted by molar-refractivity contribution is 7.80. The van der Waals surface area contributed by atoms with Gasteiger partial charge in [-0.1, -0.05) is 12.1 Å². The molecular weight excluding hydrogens is 151 g/mol. The Labute approximate surface area is 62.1 Å². The quantitative estimate of drug-likeness (QED) is 0.486. The Balaban J connectivity index is 3.01. The topological polar surface area (TPSA) is 9.23 Å². The van der Waals surface area contributed by atoms with E-state index in [2.05, 4.69) is 22.1 Å². The van der Waals surface area contributed by atoms with E-state index in [4.69, 9.17) is 4.52 Å². The van der Waals surface area contributed by atoms with E-state index in [1.54, 1.807) is 0 Å². The third kappa shape index (κ3) is 1.60. The average Bonchev–Trinajstić information content (AvgIpc) is 1.89. The van der Waals surface area contributed by atoms with Crippen LogP contribution in [0.15, 0.2) is 29.2 Å². The zero-order chi connectivity index (χ0) is 6.69. The van der Waals surface area contributed by atoms with Gasteiger partial charge in [0.1, 0.15) is 5.75 Å². The molecule has 3 heteroatoms. The van der Waals surface area contributed by atoms with Gasteiger partial charge in [0.15, 0.2) is 0 Å². The minimum Gasteiger partial charge on any atom is -0.479 e. The first-order valence-electron chi connectivity index (χ1n) is 2.49. The molecule has 48 valence electrons. The van der Waals surface area contributed by atoms with Crippen LogP contribution in [0.5, 0.6) is 5.75 Å². The van der Waals surface area contributed by atoms with Gasteiger partial charge in [0.25, 0.3) is 0 Å². The average molecular weight is 158 g/mol. The second kappa shape index (κ2) is 3.09. The van der Waals surface area contributed by atoms with Gasteiger partial charge in [0, 0.05) is 4.90 Å². The van der Waals surface area contributed by atoms with Crippen LogP contribution in [0.25, 0.3) is 0 Å². The van der Waals surface area contributed by atoms with Crippen molar-refractivity contribution in [2.45, 2.75) is 4.90 Å². The summed E-state index contributed by atoms with van der Waals surface area (Å²) in [7, 11) is 2.18. The number of hydrogen-bond acceptors (Lipinski definition) is 2. The van der Waals surface area contributed by atoms with Crippen molar-refractivity contribution in [3.8, 4) is 5.75 Å². The van der Waals surface area contributed by atoms with Crippen molar-refractivity contribution < 1.29 is 4.52 Å². The van der Waals surface area contributed by atoms with E-state index >= 15 is 0 Å². The van der Waals surface area contributed by atoms with Crippen LogP contribution < -0.4 is 4.52 Å². The fourth-order valence-electron chi connectivity index (χ4n) is 0.557.